The highest BCUT2D eigenvalue weighted by Crippen LogP contribution is 2.02. The molecule has 1 atom stereocenters. The molecule has 0 aromatic carbocycles. The van der Waals surface area contributed by atoms with Crippen molar-refractivity contribution < 1.29 is 4.42 Å². The molecule has 3 nitrogen and oxygen atoms in total. The van der Waals surface area contributed by atoms with Crippen molar-refractivity contribution in [3.63, 3.8) is 0 Å². The molecular formula is C13H24N2O. The molecule has 0 radical (unpaired) electrons. The molecule has 0 aliphatic carbocycles. The topological polar surface area (TPSA) is 37.2 Å². The Morgan fingerprint density at radius 1 is 1.38 bits per heavy atom. The van der Waals surface area contributed by atoms with Gasteiger partial charge in [-0.3, -0.25) is 0 Å². The molecule has 1 unspecified atom stereocenters. The molecule has 3 heteroatoms. The van der Waals surface area contributed by atoms with E-state index in [0.29, 0.717) is 6.04 Å². The molecule has 16 heavy (non-hydrogen) atoms. The molecule has 1 rings (SSSR count). The summed E-state index contributed by atoms with van der Waals surface area (Å²) in [6.45, 7) is 7.62. The van der Waals surface area contributed by atoms with Crippen LogP contribution in [0.25, 0.3) is 0 Å². The van der Waals surface area contributed by atoms with Crippen LogP contribution in [0.3, 0.4) is 0 Å². The molecule has 0 bridgehead atoms. The number of aryl methyl sites for hydroxylation is 1. The number of furan rings is 1. The molecule has 0 saturated carbocycles. The lowest BCUT2D eigenvalue weighted by Crippen LogP contribution is -2.37. The van der Waals surface area contributed by atoms with Crippen molar-refractivity contribution in [2.75, 3.05) is 19.6 Å². The second-order valence-corrected chi connectivity index (χ2v) is 4.24. The molecule has 1 aromatic heterocycles. The molecule has 1 aromatic rings. The molecular weight excluding hydrogens is 200 g/mol. The van der Waals surface area contributed by atoms with Crippen molar-refractivity contribution in [3.05, 3.63) is 24.2 Å². The van der Waals surface area contributed by atoms with E-state index in [1.54, 1.807) is 6.26 Å². The minimum Gasteiger partial charge on any atom is -0.469 e. The van der Waals surface area contributed by atoms with E-state index in [1.807, 2.05) is 12.1 Å². The monoisotopic (exact) mass is 224 g/mol. The molecule has 0 aliphatic rings. The number of hydrogen-bond donors (Lipinski definition) is 2. The first-order chi connectivity index (χ1) is 7.83. The van der Waals surface area contributed by atoms with Gasteiger partial charge in [0.15, 0.2) is 0 Å². The van der Waals surface area contributed by atoms with Crippen molar-refractivity contribution in [2.45, 2.75) is 39.2 Å². The van der Waals surface area contributed by atoms with E-state index in [9.17, 15) is 0 Å². The van der Waals surface area contributed by atoms with Crippen LogP contribution in [0.1, 0.15) is 32.4 Å². The molecule has 0 spiro atoms. The lowest BCUT2D eigenvalue weighted by molar-refractivity contribution is 0.470. The second kappa shape index (κ2) is 8.36. The lowest BCUT2D eigenvalue weighted by atomic mass is 10.2. The highest BCUT2D eigenvalue weighted by atomic mass is 16.3. The fourth-order valence-corrected chi connectivity index (χ4v) is 1.63. The average molecular weight is 224 g/mol. The Hall–Kier alpha value is -0.800. The Kier molecular flexibility index (Phi) is 6.93. The predicted molar refractivity (Wildman–Crippen MR) is 67.7 cm³/mol. The van der Waals surface area contributed by atoms with Crippen molar-refractivity contribution in [1.29, 1.82) is 0 Å². The fraction of sp³-hybridized carbons (Fsp3) is 0.692. The third-order valence-electron chi connectivity index (χ3n) is 2.55. The van der Waals surface area contributed by atoms with Gasteiger partial charge in [0.05, 0.1) is 6.26 Å². The van der Waals surface area contributed by atoms with E-state index >= 15 is 0 Å². The summed E-state index contributed by atoms with van der Waals surface area (Å²) in [6, 6.07) is 4.52. The van der Waals surface area contributed by atoms with Crippen molar-refractivity contribution in [2.24, 2.45) is 0 Å². The minimum absolute atomic E-state index is 0.545. The van der Waals surface area contributed by atoms with E-state index < -0.39 is 0 Å². The normalized spacial score (nSPS) is 12.9. The Morgan fingerprint density at radius 3 is 2.94 bits per heavy atom. The van der Waals surface area contributed by atoms with Crippen LogP contribution in [0.4, 0.5) is 0 Å². The van der Waals surface area contributed by atoms with E-state index in [-0.39, 0.29) is 0 Å². The predicted octanol–water partition coefficient (Wildman–Crippen LogP) is 2.19. The van der Waals surface area contributed by atoms with Gasteiger partial charge in [0.2, 0.25) is 0 Å². The van der Waals surface area contributed by atoms with Gasteiger partial charge in [-0.15, -0.1) is 0 Å². The third kappa shape index (κ3) is 5.93. The first kappa shape index (κ1) is 13.3. The Morgan fingerprint density at radius 2 is 2.25 bits per heavy atom. The maximum atomic E-state index is 5.28. The quantitative estimate of drug-likeness (QED) is 0.631. The summed E-state index contributed by atoms with van der Waals surface area (Å²) in [4.78, 5) is 0. The number of rotatable bonds is 9. The van der Waals surface area contributed by atoms with Gasteiger partial charge in [0.25, 0.3) is 0 Å². The zero-order valence-corrected chi connectivity index (χ0v) is 10.5. The second-order valence-electron chi connectivity index (χ2n) is 4.24. The summed E-state index contributed by atoms with van der Waals surface area (Å²) in [6.07, 6.45) is 5.09. The van der Waals surface area contributed by atoms with Crippen LogP contribution in [0, 0.1) is 0 Å². The lowest BCUT2D eigenvalue weighted by Gasteiger charge is -2.13. The molecule has 0 saturated heterocycles. The third-order valence-corrected chi connectivity index (χ3v) is 2.55. The van der Waals surface area contributed by atoms with E-state index in [0.717, 1.165) is 38.2 Å². The van der Waals surface area contributed by atoms with Gasteiger partial charge in [-0.2, -0.15) is 0 Å². The minimum atomic E-state index is 0.545. The molecule has 2 N–H and O–H groups in total. The van der Waals surface area contributed by atoms with Crippen LogP contribution in [0.2, 0.25) is 0 Å². The molecule has 0 fully saturated rings. The van der Waals surface area contributed by atoms with Gasteiger partial charge in [-0.1, -0.05) is 6.92 Å². The van der Waals surface area contributed by atoms with Crippen LogP contribution in [-0.2, 0) is 6.42 Å². The van der Waals surface area contributed by atoms with Crippen LogP contribution >= 0.6 is 0 Å². The van der Waals surface area contributed by atoms with Crippen molar-refractivity contribution >= 4 is 0 Å². The first-order valence-corrected chi connectivity index (χ1v) is 6.29. The van der Waals surface area contributed by atoms with Gasteiger partial charge in [0, 0.05) is 19.0 Å². The SMILES string of the molecule is CCCNCC(C)NCCCc1ccco1. The molecule has 92 valence electrons. The fourth-order valence-electron chi connectivity index (χ4n) is 1.63. The highest BCUT2D eigenvalue weighted by molar-refractivity contribution is 4.97. The maximum Gasteiger partial charge on any atom is 0.103 e. The summed E-state index contributed by atoms with van der Waals surface area (Å²) in [5.41, 5.74) is 0. The van der Waals surface area contributed by atoms with Crippen LogP contribution in [0.5, 0.6) is 0 Å². The summed E-state index contributed by atoms with van der Waals surface area (Å²) in [7, 11) is 0. The maximum absolute atomic E-state index is 5.28. The molecule has 0 amide bonds. The summed E-state index contributed by atoms with van der Waals surface area (Å²) >= 11 is 0. The first-order valence-electron chi connectivity index (χ1n) is 6.29. The van der Waals surface area contributed by atoms with E-state index in [1.165, 1.54) is 6.42 Å². The van der Waals surface area contributed by atoms with Crippen LogP contribution in [-0.4, -0.2) is 25.7 Å². The van der Waals surface area contributed by atoms with E-state index in [4.69, 9.17) is 4.42 Å². The summed E-state index contributed by atoms with van der Waals surface area (Å²) in [5, 5.41) is 6.91. The summed E-state index contributed by atoms with van der Waals surface area (Å²) < 4.78 is 5.28. The largest absolute Gasteiger partial charge is 0.469 e. The van der Waals surface area contributed by atoms with Crippen molar-refractivity contribution in [1.82, 2.24) is 10.6 Å². The molecule has 0 aliphatic heterocycles. The van der Waals surface area contributed by atoms with Crippen molar-refractivity contribution in [3.8, 4) is 0 Å². The van der Waals surface area contributed by atoms with Gasteiger partial charge in [-0.25, -0.2) is 0 Å². The summed E-state index contributed by atoms with van der Waals surface area (Å²) in [5.74, 6) is 1.08. The van der Waals surface area contributed by atoms with Gasteiger partial charge in [-0.05, 0) is 45.0 Å². The Bertz CT molecular complexity index is 246. The van der Waals surface area contributed by atoms with Crippen LogP contribution < -0.4 is 10.6 Å². The van der Waals surface area contributed by atoms with Gasteiger partial charge in [0.1, 0.15) is 5.76 Å². The Balaban J connectivity index is 1.94. The number of hydrogen-bond acceptors (Lipinski definition) is 3. The molecule has 1 heterocycles. The zero-order chi connectivity index (χ0) is 11.6. The smallest absolute Gasteiger partial charge is 0.103 e. The standard InChI is InChI=1S/C13H24N2O/c1-3-8-14-11-12(2)15-9-4-6-13-7-5-10-16-13/h5,7,10,12,14-15H,3-4,6,8-9,11H2,1-2H3. The highest BCUT2D eigenvalue weighted by Gasteiger charge is 2.00. The van der Waals surface area contributed by atoms with Gasteiger partial charge < -0.3 is 15.1 Å². The van der Waals surface area contributed by atoms with Gasteiger partial charge >= 0.3 is 0 Å². The zero-order valence-electron chi connectivity index (χ0n) is 10.5. The average Bonchev–Trinajstić information content (AvgIpc) is 2.78. The Labute approximate surface area is 98.6 Å². The van der Waals surface area contributed by atoms with Crippen LogP contribution in [0.15, 0.2) is 22.8 Å². The number of nitrogens with one attached hydrogen (secondary N) is 2. The van der Waals surface area contributed by atoms with E-state index in [2.05, 4.69) is 24.5 Å².